The second kappa shape index (κ2) is 9.99. The minimum atomic E-state index is -4.87. The van der Waals surface area contributed by atoms with E-state index in [9.17, 15) is 31.5 Å². The summed E-state index contributed by atoms with van der Waals surface area (Å²) in [6.07, 6.45) is -3.33. The van der Waals surface area contributed by atoms with Gasteiger partial charge in [0.1, 0.15) is 11.6 Å². The van der Waals surface area contributed by atoms with Crippen LogP contribution in [0.1, 0.15) is 67.8 Å². The lowest BCUT2D eigenvalue weighted by Gasteiger charge is -2.24. The van der Waals surface area contributed by atoms with E-state index >= 15 is 0 Å². The van der Waals surface area contributed by atoms with Gasteiger partial charge in [0.05, 0.1) is 18.2 Å². The highest BCUT2D eigenvalue weighted by Gasteiger charge is 2.36. The van der Waals surface area contributed by atoms with Crippen molar-refractivity contribution in [1.82, 2.24) is 5.32 Å². The van der Waals surface area contributed by atoms with Gasteiger partial charge >= 0.3 is 6.18 Å². The van der Waals surface area contributed by atoms with Crippen molar-refractivity contribution in [3.05, 3.63) is 98.6 Å². The lowest BCUT2D eigenvalue weighted by atomic mass is 9.88. The Hall–Kier alpha value is -3.50. The fourth-order valence-corrected chi connectivity index (χ4v) is 5.07. The molecule has 11 heteroatoms. The van der Waals surface area contributed by atoms with E-state index in [1.54, 1.807) is 12.1 Å². The predicted molar refractivity (Wildman–Crippen MR) is 129 cm³/mol. The molecule has 2 N–H and O–H groups in total. The van der Waals surface area contributed by atoms with Crippen molar-refractivity contribution in [2.45, 2.75) is 31.0 Å². The number of ether oxygens (including phenoxy) is 1. The molecule has 1 saturated heterocycles. The van der Waals surface area contributed by atoms with Crippen molar-refractivity contribution >= 4 is 29.1 Å². The highest BCUT2D eigenvalue weighted by atomic mass is 35.5. The first-order valence-corrected chi connectivity index (χ1v) is 12.1. The molecule has 2 atom stereocenters. The molecule has 0 bridgehead atoms. The van der Waals surface area contributed by atoms with Crippen LogP contribution in [0.25, 0.3) is 0 Å². The molecule has 3 aromatic carbocycles. The molecule has 2 aliphatic rings. The number of rotatable bonds is 4. The zero-order valence-electron chi connectivity index (χ0n) is 19.6. The Labute approximate surface area is 218 Å². The molecule has 2 aliphatic heterocycles. The van der Waals surface area contributed by atoms with Gasteiger partial charge in [0, 0.05) is 45.5 Å². The minimum absolute atomic E-state index is 0.0969. The SMILES string of the molecule is O=C(Nc1cc(C2CCCOC2)cc2c1C(c1cc(F)ccc1Cl)NC2=O)c1cc(F)cc(C(F)(F)F)c1. The molecule has 0 spiro atoms. The Balaban J connectivity index is 1.62. The van der Waals surface area contributed by atoms with E-state index in [0.29, 0.717) is 37.0 Å². The molecule has 5 rings (SSSR count). The van der Waals surface area contributed by atoms with Crippen molar-refractivity contribution in [3.63, 3.8) is 0 Å². The standard InChI is InChI=1S/C27H20ClF5N2O3/c28-21-4-3-17(29)11-19(21)24-23-20(26(37)35-24)8-14(13-2-1-5-38-12-13)9-22(23)34-25(36)15-6-16(27(31,32)33)10-18(30)7-15/h3-4,6-11,13,24H,1-2,5,12H2,(H,34,36)(H,35,37). The molecular weight excluding hydrogens is 531 g/mol. The number of carbonyl (C=O) groups excluding carboxylic acids is 2. The van der Waals surface area contributed by atoms with E-state index < -0.39 is 46.8 Å². The normalized spacial score (nSPS) is 19.2. The van der Waals surface area contributed by atoms with Crippen LogP contribution in [-0.4, -0.2) is 25.0 Å². The molecular formula is C27H20ClF5N2O3. The lowest BCUT2D eigenvalue weighted by molar-refractivity contribution is -0.137. The Morgan fingerprint density at radius 1 is 1.05 bits per heavy atom. The molecule has 0 saturated carbocycles. The molecule has 1 fully saturated rings. The molecule has 198 valence electrons. The molecule has 2 heterocycles. The number of benzene rings is 3. The first-order chi connectivity index (χ1) is 18.0. The second-order valence-corrected chi connectivity index (χ2v) is 9.60. The van der Waals surface area contributed by atoms with Crippen molar-refractivity contribution < 1.29 is 36.3 Å². The topological polar surface area (TPSA) is 67.4 Å². The van der Waals surface area contributed by atoms with E-state index in [0.717, 1.165) is 25.0 Å². The monoisotopic (exact) mass is 550 g/mol. The van der Waals surface area contributed by atoms with Gasteiger partial charge in [0.25, 0.3) is 11.8 Å². The molecule has 2 unspecified atom stereocenters. The molecule has 0 radical (unpaired) electrons. The van der Waals surface area contributed by atoms with E-state index in [-0.39, 0.29) is 33.3 Å². The fourth-order valence-electron chi connectivity index (χ4n) is 4.85. The van der Waals surface area contributed by atoms with E-state index in [4.69, 9.17) is 16.3 Å². The second-order valence-electron chi connectivity index (χ2n) is 9.20. The maximum Gasteiger partial charge on any atom is 0.416 e. The van der Waals surface area contributed by atoms with Crippen LogP contribution in [0.15, 0.2) is 48.5 Å². The summed E-state index contributed by atoms with van der Waals surface area (Å²) >= 11 is 6.30. The number of nitrogens with one attached hydrogen (secondary N) is 2. The van der Waals surface area contributed by atoms with Crippen LogP contribution in [0.3, 0.4) is 0 Å². The smallest absolute Gasteiger partial charge is 0.381 e. The highest BCUT2D eigenvalue weighted by molar-refractivity contribution is 6.31. The average Bonchev–Trinajstić information content (AvgIpc) is 3.21. The maximum absolute atomic E-state index is 14.1. The number of hydrogen-bond donors (Lipinski definition) is 2. The molecule has 5 nitrogen and oxygen atoms in total. The van der Waals surface area contributed by atoms with Crippen LogP contribution >= 0.6 is 11.6 Å². The number of alkyl halides is 3. The van der Waals surface area contributed by atoms with Gasteiger partial charge < -0.3 is 15.4 Å². The molecule has 0 aromatic heterocycles. The number of fused-ring (bicyclic) bond motifs is 1. The summed E-state index contributed by atoms with van der Waals surface area (Å²) in [5.41, 5.74) is -0.400. The summed E-state index contributed by atoms with van der Waals surface area (Å²) in [5.74, 6) is -3.44. The van der Waals surface area contributed by atoms with Crippen LogP contribution in [0.5, 0.6) is 0 Å². The summed E-state index contributed by atoms with van der Waals surface area (Å²) in [7, 11) is 0. The molecule has 3 aromatic rings. The van der Waals surface area contributed by atoms with Crippen molar-refractivity contribution in [3.8, 4) is 0 Å². The number of carbonyl (C=O) groups is 2. The Morgan fingerprint density at radius 3 is 2.55 bits per heavy atom. The zero-order valence-corrected chi connectivity index (χ0v) is 20.4. The molecule has 2 amide bonds. The Morgan fingerprint density at radius 2 is 1.84 bits per heavy atom. The van der Waals surface area contributed by atoms with Crippen LogP contribution < -0.4 is 10.6 Å². The van der Waals surface area contributed by atoms with Gasteiger partial charge in [-0.15, -0.1) is 0 Å². The largest absolute Gasteiger partial charge is 0.416 e. The van der Waals surface area contributed by atoms with Crippen molar-refractivity contribution in [2.24, 2.45) is 0 Å². The van der Waals surface area contributed by atoms with Crippen LogP contribution in [0.4, 0.5) is 27.6 Å². The average molecular weight is 551 g/mol. The predicted octanol–water partition coefficient (Wildman–Crippen LogP) is 6.62. The zero-order chi connectivity index (χ0) is 27.2. The maximum atomic E-state index is 14.1. The molecule has 0 aliphatic carbocycles. The number of halogens is 6. The van der Waals surface area contributed by atoms with Gasteiger partial charge in [-0.3, -0.25) is 9.59 Å². The van der Waals surface area contributed by atoms with Crippen LogP contribution in [0.2, 0.25) is 5.02 Å². The van der Waals surface area contributed by atoms with Gasteiger partial charge in [0.15, 0.2) is 0 Å². The third-order valence-corrected chi connectivity index (χ3v) is 6.99. The lowest BCUT2D eigenvalue weighted by Crippen LogP contribution is -2.21. The Kier molecular flexibility index (Phi) is 6.87. The van der Waals surface area contributed by atoms with Gasteiger partial charge in [0.2, 0.25) is 0 Å². The fraction of sp³-hybridized carbons (Fsp3) is 0.259. The van der Waals surface area contributed by atoms with Gasteiger partial charge in [-0.2, -0.15) is 13.2 Å². The quantitative estimate of drug-likeness (QED) is 0.359. The van der Waals surface area contributed by atoms with E-state index in [1.807, 2.05) is 0 Å². The first kappa shape index (κ1) is 26.1. The third kappa shape index (κ3) is 5.10. The third-order valence-electron chi connectivity index (χ3n) is 6.65. The summed E-state index contributed by atoms with van der Waals surface area (Å²) < 4.78 is 73.4. The summed E-state index contributed by atoms with van der Waals surface area (Å²) in [5, 5.41) is 5.46. The minimum Gasteiger partial charge on any atom is -0.381 e. The van der Waals surface area contributed by atoms with Gasteiger partial charge in [-0.05, 0) is 66.9 Å². The van der Waals surface area contributed by atoms with Gasteiger partial charge in [-0.1, -0.05) is 11.6 Å². The van der Waals surface area contributed by atoms with Gasteiger partial charge in [-0.25, -0.2) is 8.78 Å². The van der Waals surface area contributed by atoms with Crippen LogP contribution in [0, 0.1) is 11.6 Å². The summed E-state index contributed by atoms with van der Waals surface area (Å²) in [6, 6.07) is 7.48. The highest BCUT2D eigenvalue weighted by Crippen LogP contribution is 2.42. The van der Waals surface area contributed by atoms with E-state index in [2.05, 4.69) is 10.6 Å². The number of amides is 2. The number of anilines is 1. The Bertz CT molecular complexity index is 1440. The van der Waals surface area contributed by atoms with Crippen molar-refractivity contribution in [1.29, 1.82) is 0 Å². The van der Waals surface area contributed by atoms with Crippen LogP contribution in [-0.2, 0) is 10.9 Å². The van der Waals surface area contributed by atoms with E-state index in [1.165, 1.54) is 6.07 Å². The molecule has 38 heavy (non-hydrogen) atoms. The van der Waals surface area contributed by atoms with Crippen molar-refractivity contribution in [2.75, 3.05) is 18.5 Å². The summed E-state index contributed by atoms with van der Waals surface area (Å²) in [4.78, 5) is 26.1. The summed E-state index contributed by atoms with van der Waals surface area (Å²) in [6.45, 7) is 0.971. The first-order valence-electron chi connectivity index (χ1n) is 11.7. The number of hydrogen-bond acceptors (Lipinski definition) is 3.